The molecule has 2 saturated heterocycles. The molecule has 1 atom stereocenters. The van der Waals surface area contributed by atoms with Crippen LogP contribution in [0.1, 0.15) is 35.2 Å². The van der Waals surface area contributed by atoms with Gasteiger partial charge < -0.3 is 20.3 Å². The van der Waals surface area contributed by atoms with Crippen molar-refractivity contribution >= 4 is 11.7 Å². The minimum absolute atomic E-state index is 0.0766. The number of hydrogen-bond acceptors (Lipinski definition) is 7. The number of carbonyl (C=O) groups excluding carboxylic acids is 1. The lowest BCUT2D eigenvalue weighted by Gasteiger charge is -2.34. The van der Waals surface area contributed by atoms with Gasteiger partial charge in [0.15, 0.2) is 0 Å². The Hall–Kier alpha value is -1.77. The summed E-state index contributed by atoms with van der Waals surface area (Å²) in [6, 6.07) is 0.170. The summed E-state index contributed by atoms with van der Waals surface area (Å²) in [5, 5.41) is 0. The van der Waals surface area contributed by atoms with Crippen molar-refractivity contribution < 1.29 is 9.53 Å². The van der Waals surface area contributed by atoms with Crippen LogP contribution in [0.3, 0.4) is 0 Å². The molecule has 1 aromatic rings. The highest BCUT2D eigenvalue weighted by Gasteiger charge is 2.27. The van der Waals surface area contributed by atoms with Gasteiger partial charge in [0.05, 0.1) is 6.61 Å². The lowest BCUT2D eigenvalue weighted by molar-refractivity contribution is 0.0554. The summed E-state index contributed by atoms with van der Waals surface area (Å²) in [7, 11) is 0. The molecule has 0 spiro atoms. The van der Waals surface area contributed by atoms with E-state index in [-0.39, 0.29) is 11.9 Å². The Bertz CT molecular complexity index is 660. The number of carbonyl (C=O) groups is 1. The van der Waals surface area contributed by atoms with Crippen molar-refractivity contribution in [2.45, 2.75) is 33.2 Å². The highest BCUT2D eigenvalue weighted by molar-refractivity contribution is 5.91. The van der Waals surface area contributed by atoms with Crippen molar-refractivity contribution in [3.8, 4) is 0 Å². The fraction of sp³-hybridized carbons (Fsp3) is 0.737. The van der Waals surface area contributed by atoms with E-state index in [1.807, 2.05) is 25.7 Å². The fourth-order valence-electron chi connectivity index (χ4n) is 3.65. The summed E-state index contributed by atoms with van der Waals surface area (Å²) in [4.78, 5) is 28.5. The minimum Gasteiger partial charge on any atom is -0.380 e. The first kappa shape index (κ1) is 20.0. The van der Waals surface area contributed by atoms with E-state index in [2.05, 4.69) is 19.8 Å². The predicted octanol–water partition coefficient (Wildman–Crippen LogP) is 0.425. The van der Waals surface area contributed by atoms with Crippen LogP contribution in [0.5, 0.6) is 0 Å². The molecule has 1 aromatic heterocycles. The average Bonchev–Trinajstić information content (AvgIpc) is 3.10. The molecule has 0 aromatic carbocycles. The van der Waals surface area contributed by atoms with E-state index in [1.165, 1.54) is 0 Å². The van der Waals surface area contributed by atoms with Gasteiger partial charge in [-0.2, -0.15) is 0 Å². The normalized spacial score (nSPS) is 21.1. The SMILES string of the molecule is CCOCCN1CCN(C(=O)c2nc(C)c(C)c(N3CC[C@@H](N)C3)n2)CC1. The molecule has 2 N–H and O–H groups in total. The Morgan fingerprint density at radius 1 is 1.19 bits per heavy atom. The zero-order valence-electron chi connectivity index (χ0n) is 16.8. The zero-order valence-corrected chi connectivity index (χ0v) is 16.8. The van der Waals surface area contributed by atoms with Crippen molar-refractivity contribution in [1.82, 2.24) is 19.8 Å². The Labute approximate surface area is 161 Å². The van der Waals surface area contributed by atoms with Crippen LogP contribution in [0.4, 0.5) is 5.82 Å². The molecule has 27 heavy (non-hydrogen) atoms. The molecule has 0 radical (unpaired) electrons. The third-order valence-corrected chi connectivity index (χ3v) is 5.49. The number of piperazine rings is 1. The molecule has 0 unspecified atom stereocenters. The second-order valence-corrected chi connectivity index (χ2v) is 7.41. The van der Waals surface area contributed by atoms with Crippen LogP contribution in [-0.4, -0.2) is 90.7 Å². The Morgan fingerprint density at radius 3 is 2.56 bits per heavy atom. The van der Waals surface area contributed by atoms with E-state index < -0.39 is 0 Å². The van der Waals surface area contributed by atoms with Crippen molar-refractivity contribution in [3.63, 3.8) is 0 Å². The zero-order chi connectivity index (χ0) is 19.4. The van der Waals surface area contributed by atoms with Gasteiger partial charge in [-0.25, -0.2) is 9.97 Å². The van der Waals surface area contributed by atoms with Crippen LogP contribution in [0, 0.1) is 13.8 Å². The number of nitrogens with two attached hydrogens (primary N) is 1. The Morgan fingerprint density at radius 2 is 1.93 bits per heavy atom. The van der Waals surface area contributed by atoms with Gasteiger partial charge in [0.25, 0.3) is 5.91 Å². The van der Waals surface area contributed by atoms with Crippen LogP contribution in [0.15, 0.2) is 0 Å². The smallest absolute Gasteiger partial charge is 0.291 e. The second kappa shape index (κ2) is 8.95. The predicted molar refractivity (Wildman–Crippen MR) is 105 cm³/mol. The highest BCUT2D eigenvalue weighted by Crippen LogP contribution is 2.24. The first-order valence-corrected chi connectivity index (χ1v) is 9.94. The molecule has 150 valence electrons. The number of nitrogens with zero attached hydrogens (tertiary/aromatic N) is 5. The van der Waals surface area contributed by atoms with E-state index in [4.69, 9.17) is 10.5 Å². The first-order valence-electron chi connectivity index (χ1n) is 9.94. The van der Waals surface area contributed by atoms with Gasteiger partial charge in [0.2, 0.25) is 5.82 Å². The van der Waals surface area contributed by atoms with Gasteiger partial charge in [-0.15, -0.1) is 0 Å². The summed E-state index contributed by atoms with van der Waals surface area (Å²) in [6.07, 6.45) is 0.954. The molecule has 2 aliphatic rings. The molecule has 3 heterocycles. The average molecular weight is 377 g/mol. The van der Waals surface area contributed by atoms with Crippen LogP contribution >= 0.6 is 0 Å². The number of ether oxygens (including phenoxy) is 1. The van der Waals surface area contributed by atoms with Crippen molar-refractivity contribution in [2.24, 2.45) is 5.73 Å². The minimum atomic E-state index is -0.0766. The van der Waals surface area contributed by atoms with Crippen LogP contribution in [-0.2, 0) is 4.74 Å². The maximum absolute atomic E-state index is 13.0. The molecule has 0 bridgehead atoms. The maximum atomic E-state index is 13.0. The van der Waals surface area contributed by atoms with Gasteiger partial charge >= 0.3 is 0 Å². The molecule has 3 rings (SSSR count). The number of aryl methyl sites for hydroxylation is 1. The molecular formula is C19H32N6O2. The van der Waals surface area contributed by atoms with E-state index >= 15 is 0 Å². The van der Waals surface area contributed by atoms with Crippen molar-refractivity contribution in [3.05, 3.63) is 17.1 Å². The van der Waals surface area contributed by atoms with Gasteiger partial charge in [0, 0.05) is 69.7 Å². The molecule has 8 heteroatoms. The van der Waals surface area contributed by atoms with Crippen molar-refractivity contribution in [1.29, 1.82) is 0 Å². The highest BCUT2D eigenvalue weighted by atomic mass is 16.5. The number of rotatable bonds is 6. The van der Waals surface area contributed by atoms with E-state index in [0.717, 1.165) is 69.4 Å². The van der Waals surface area contributed by atoms with Gasteiger partial charge in [0.1, 0.15) is 5.82 Å². The van der Waals surface area contributed by atoms with E-state index in [0.29, 0.717) is 18.9 Å². The number of anilines is 1. The lowest BCUT2D eigenvalue weighted by atomic mass is 10.2. The second-order valence-electron chi connectivity index (χ2n) is 7.41. The van der Waals surface area contributed by atoms with Crippen molar-refractivity contribution in [2.75, 3.05) is 63.9 Å². The van der Waals surface area contributed by atoms with Gasteiger partial charge in [-0.3, -0.25) is 9.69 Å². The molecular weight excluding hydrogens is 344 g/mol. The fourth-order valence-corrected chi connectivity index (χ4v) is 3.65. The van der Waals surface area contributed by atoms with Crippen LogP contribution in [0.2, 0.25) is 0 Å². The largest absolute Gasteiger partial charge is 0.380 e. The Balaban J connectivity index is 1.66. The molecule has 2 aliphatic heterocycles. The summed E-state index contributed by atoms with van der Waals surface area (Å²) in [5.41, 5.74) is 7.94. The van der Waals surface area contributed by atoms with Gasteiger partial charge in [-0.1, -0.05) is 0 Å². The molecule has 0 saturated carbocycles. The number of amides is 1. The summed E-state index contributed by atoms with van der Waals surface area (Å²) < 4.78 is 5.42. The van der Waals surface area contributed by atoms with E-state index in [1.54, 1.807) is 0 Å². The topological polar surface area (TPSA) is 87.8 Å². The molecule has 0 aliphatic carbocycles. The quantitative estimate of drug-likeness (QED) is 0.720. The lowest BCUT2D eigenvalue weighted by Crippen LogP contribution is -2.49. The Kier molecular flexibility index (Phi) is 6.62. The molecule has 2 fully saturated rings. The summed E-state index contributed by atoms with van der Waals surface area (Å²) in [5.74, 6) is 1.08. The third-order valence-electron chi connectivity index (χ3n) is 5.49. The number of hydrogen-bond donors (Lipinski definition) is 1. The maximum Gasteiger partial charge on any atom is 0.291 e. The number of aromatic nitrogens is 2. The monoisotopic (exact) mass is 376 g/mol. The standard InChI is InChI=1S/C19H32N6O2/c1-4-27-12-11-23-7-9-24(10-8-23)19(26)17-21-15(3)14(2)18(22-17)25-6-5-16(20)13-25/h16H,4-13,20H2,1-3H3/t16-/m1/s1. The molecule has 1 amide bonds. The first-order chi connectivity index (χ1) is 13.0. The summed E-state index contributed by atoms with van der Waals surface area (Å²) >= 11 is 0. The van der Waals surface area contributed by atoms with Crippen LogP contribution in [0.25, 0.3) is 0 Å². The third kappa shape index (κ3) is 4.75. The summed E-state index contributed by atoms with van der Waals surface area (Å²) in [6.45, 7) is 13.1. The molecule has 8 nitrogen and oxygen atoms in total. The van der Waals surface area contributed by atoms with E-state index in [9.17, 15) is 4.79 Å². The van der Waals surface area contributed by atoms with Gasteiger partial charge in [-0.05, 0) is 27.2 Å². The van der Waals surface area contributed by atoms with Crippen LogP contribution < -0.4 is 10.6 Å².